The zero-order valence-electron chi connectivity index (χ0n) is 25.4. The molecule has 2 aromatic carbocycles. The second kappa shape index (κ2) is 15.8. The molecule has 0 amide bonds. The monoisotopic (exact) mass is 628 g/mol. The third-order valence-electron chi connectivity index (χ3n) is 9.02. The van der Waals surface area contributed by atoms with Crippen molar-refractivity contribution in [3.8, 4) is 17.2 Å². The molecule has 0 radical (unpaired) electrons. The predicted octanol–water partition coefficient (Wildman–Crippen LogP) is 9.89. The lowest BCUT2D eigenvalue weighted by Gasteiger charge is -2.45. The first-order valence-electron chi connectivity index (χ1n) is 15.7. The zero-order valence-corrected chi connectivity index (χ0v) is 25.4. The van der Waals surface area contributed by atoms with Gasteiger partial charge >= 0.3 is 18.1 Å². The number of hydrogen-bond donors (Lipinski definition) is 3. The molecule has 246 valence electrons. The van der Waals surface area contributed by atoms with Gasteiger partial charge in [-0.2, -0.15) is 22.0 Å². The number of aromatic hydroxyl groups is 2. The van der Waals surface area contributed by atoms with Gasteiger partial charge in [0.05, 0.1) is 12.5 Å². The normalized spacial score (nSPS) is 19.3. The number of fused-ring (bicyclic) bond motifs is 1. The van der Waals surface area contributed by atoms with Gasteiger partial charge in [-0.15, -0.1) is 0 Å². The summed E-state index contributed by atoms with van der Waals surface area (Å²) in [6.45, 7) is 2.63. The van der Waals surface area contributed by atoms with E-state index in [1.54, 1.807) is 24.3 Å². The summed E-state index contributed by atoms with van der Waals surface area (Å²) in [6.07, 6.45) is 1.58. The number of unbranched alkanes of at least 4 members (excludes halogenated alkanes) is 6. The van der Waals surface area contributed by atoms with Gasteiger partial charge in [0.25, 0.3) is 0 Å². The second-order valence-electron chi connectivity index (χ2n) is 12.2. The summed E-state index contributed by atoms with van der Waals surface area (Å²) < 4.78 is 69.5. The van der Waals surface area contributed by atoms with Crippen LogP contribution in [0.3, 0.4) is 0 Å². The highest BCUT2D eigenvalue weighted by Crippen LogP contribution is 2.52. The van der Waals surface area contributed by atoms with Crippen LogP contribution in [0.5, 0.6) is 17.2 Å². The topological polar surface area (TPSA) is 87.0 Å². The number of ether oxygens (including phenoxy) is 1. The zero-order chi connectivity index (χ0) is 32.4. The third-order valence-corrected chi connectivity index (χ3v) is 9.02. The van der Waals surface area contributed by atoms with Crippen molar-refractivity contribution in [3.05, 3.63) is 53.6 Å². The van der Waals surface area contributed by atoms with E-state index in [-0.39, 0.29) is 35.7 Å². The van der Waals surface area contributed by atoms with E-state index in [0.29, 0.717) is 18.8 Å². The summed E-state index contributed by atoms with van der Waals surface area (Å²) in [5, 5.41) is 29.3. The van der Waals surface area contributed by atoms with E-state index >= 15 is 0 Å². The lowest BCUT2D eigenvalue weighted by atomic mass is 9.62. The number of aliphatic carboxylic acids is 1. The average Bonchev–Trinajstić information content (AvgIpc) is 2.95. The molecule has 44 heavy (non-hydrogen) atoms. The van der Waals surface area contributed by atoms with Crippen LogP contribution in [0, 0.1) is 5.92 Å². The quantitative estimate of drug-likeness (QED) is 0.113. The molecule has 1 aliphatic rings. The Balaban J connectivity index is 1.47. The molecule has 0 spiro atoms. The van der Waals surface area contributed by atoms with E-state index in [0.717, 1.165) is 68.9 Å². The number of rotatable bonds is 18. The summed E-state index contributed by atoms with van der Waals surface area (Å²) in [6, 6.07) is 12.7. The highest BCUT2D eigenvalue weighted by Gasteiger charge is 2.56. The number of phenolic OH excluding ortho intramolecular Hbond substituents is 2. The summed E-state index contributed by atoms with van der Waals surface area (Å²) in [5.41, 5.74) is 1.93. The van der Waals surface area contributed by atoms with Crippen molar-refractivity contribution in [2.24, 2.45) is 5.92 Å². The molecule has 1 aliphatic heterocycles. The minimum Gasteiger partial charge on any atom is -0.508 e. The molecule has 3 atom stereocenters. The number of hydrogen-bond acceptors (Lipinski definition) is 4. The largest absolute Gasteiger partial charge is 0.508 e. The number of halogens is 5. The predicted molar refractivity (Wildman–Crippen MR) is 159 cm³/mol. The number of benzene rings is 2. The van der Waals surface area contributed by atoms with E-state index in [9.17, 15) is 42.1 Å². The van der Waals surface area contributed by atoms with E-state index < -0.39 is 36.8 Å². The molecular formula is C34H45F5O5. The van der Waals surface area contributed by atoms with E-state index in [4.69, 9.17) is 4.74 Å². The maximum absolute atomic E-state index is 13.1. The molecule has 0 fully saturated rings. The van der Waals surface area contributed by atoms with Crippen LogP contribution >= 0.6 is 0 Å². The van der Waals surface area contributed by atoms with Crippen molar-refractivity contribution in [2.75, 3.05) is 6.61 Å². The number of phenols is 2. The van der Waals surface area contributed by atoms with Gasteiger partial charge in [0.2, 0.25) is 0 Å². The van der Waals surface area contributed by atoms with Crippen molar-refractivity contribution in [1.82, 2.24) is 0 Å². The Morgan fingerprint density at radius 1 is 0.886 bits per heavy atom. The maximum atomic E-state index is 13.1. The Bertz CT molecular complexity index is 1180. The van der Waals surface area contributed by atoms with Crippen molar-refractivity contribution in [2.45, 2.75) is 120 Å². The van der Waals surface area contributed by atoms with E-state index in [1.807, 2.05) is 18.2 Å². The van der Waals surface area contributed by atoms with Crippen molar-refractivity contribution < 1.29 is 46.8 Å². The van der Waals surface area contributed by atoms with Crippen molar-refractivity contribution in [3.63, 3.8) is 0 Å². The molecule has 2 aromatic rings. The van der Waals surface area contributed by atoms with Gasteiger partial charge in [-0.3, -0.25) is 4.79 Å². The molecule has 0 saturated carbocycles. The first kappa shape index (κ1) is 35.4. The number of carboxylic acid groups (broad SMARTS) is 1. The van der Waals surface area contributed by atoms with Gasteiger partial charge in [0.15, 0.2) is 0 Å². The molecule has 1 heterocycles. The second-order valence-corrected chi connectivity index (χ2v) is 12.2. The Labute approximate surface area is 256 Å². The van der Waals surface area contributed by atoms with Crippen LogP contribution in [-0.4, -0.2) is 40.0 Å². The standard InChI is InChI=1S/C34H45F5O5/c1-2-20-32(25-14-16-26(40)17-15-25)23-44-30-22-27(41)18-19-28(30)29(32)13-9-7-5-3-4-6-8-11-24(31(42)43)12-10-21-33(35,36)34(37,38)39/h14-19,22,24,29,40-41H,2-13,20-21,23H2,1H3,(H,42,43). The van der Waals surface area contributed by atoms with Gasteiger partial charge in [0.1, 0.15) is 17.2 Å². The summed E-state index contributed by atoms with van der Waals surface area (Å²) in [7, 11) is 0. The van der Waals surface area contributed by atoms with Gasteiger partial charge in [-0.1, -0.05) is 76.5 Å². The van der Waals surface area contributed by atoms with Crippen LogP contribution in [0.1, 0.15) is 114 Å². The maximum Gasteiger partial charge on any atom is 0.453 e. The lowest BCUT2D eigenvalue weighted by molar-refractivity contribution is -0.284. The first-order chi connectivity index (χ1) is 20.8. The van der Waals surface area contributed by atoms with Crippen LogP contribution in [0.2, 0.25) is 0 Å². The highest BCUT2D eigenvalue weighted by molar-refractivity contribution is 5.69. The van der Waals surface area contributed by atoms with Crippen LogP contribution < -0.4 is 4.74 Å². The number of carboxylic acids is 1. The molecule has 0 aliphatic carbocycles. The average molecular weight is 629 g/mol. The fourth-order valence-electron chi connectivity index (χ4n) is 6.61. The minimum atomic E-state index is -5.61. The van der Waals surface area contributed by atoms with Gasteiger partial charge < -0.3 is 20.1 Å². The van der Waals surface area contributed by atoms with Gasteiger partial charge in [0, 0.05) is 23.8 Å². The molecular weight excluding hydrogens is 583 g/mol. The Morgan fingerprint density at radius 3 is 2.09 bits per heavy atom. The van der Waals surface area contributed by atoms with Crippen molar-refractivity contribution >= 4 is 5.97 Å². The smallest absolute Gasteiger partial charge is 0.453 e. The minimum absolute atomic E-state index is 0.160. The molecule has 3 rings (SSSR count). The summed E-state index contributed by atoms with van der Waals surface area (Å²) >= 11 is 0. The van der Waals surface area contributed by atoms with Crippen LogP contribution in [0.15, 0.2) is 42.5 Å². The molecule has 3 N–H and O–H groups in total. The fourth-order valence-corrected chi connectivity index (χ4v) is 6.61. The van der Waals surface area contributed by atoms with E-state index in [1.165, 1.54) is 0 Å². The van der Waals surface area contributed by atoms with Crippen LogP contribution in [0.4, 0.5) is 22.0 Å². The van der Waals surface area contributed by atoms with Crippen LogP contribution in [0.25, 0.3) is 0 Å². The molecule has 0 saturated heterocycles. The summed E-state index contributed by atoms with van der Waals surface area (Å²) in [5.74, 6) is -5.63. The molecule has 5 nitrogen and oxygen atoms in total. The molecule has 3 unspecified atom stereocenters. The van der Waals surface area contributed by atoms with Gasteiger partial charge in [-0.05, 0) is 61.4 Å². The van der Waals surface area contributed by atoms with Gasteiger partial charge in [-0.25, -0.2) is 0 Å². The lowest BCUT2D eigenvalue weighted by Crippen LogP contribution is -2.43. The Morgan fingerprint density at radius 2 is 1.48 bits per heavy atom. The first-order valence-corrected chi connectivity index (χ1v) is 15.7. The SMILES string of the molecule is CCCC1(c2ccc(O)cc2)COc2cc(O)ccc2C1CCCCCCCCCC(CCCC(F)(F)C(F)(F)F)C(=O)O. The van der Waals surface area contributed by atoms with Crippen LogP contribution in [-0.2, 0) is 10.2 Å². The molecule has 10 heteroatoms. The van der Waals surface area contributed by atoms with Crippen molar-refractivity contribution in [1.29, 1.82) is 0 Å². The fraction of sp³-hybridized carbons (Fsp3) is 0.618. The van der Waals surface area contributed by atoms with E-state index in [2.05, 4.69) is 6.92 Å². The molecule has 0 aromatic heterocycles. The number of alkyl halides is 5. The Hall–Kier alpha value is -3.04. The Kier molecular flexibility index (Phi) is 12.7. The summed E-state index contributed by atoms with van der Waals surface area (Å²) in [4.78, 5) is 11.5. The highest BCUT2D eigenvalue weighted by atomic mass is 19.4. The third kappa shape index (κ3) is 9.24. The number of carbonyl (C=O) groups is 1. The molecule has 0 bridgehead atoms.